The highest BCUT2D eigenvalue weighted by molar-refractivity contribution is 7.91. The number of nitrogens with zero attached hydrogens (tertiary/aromatic N) is 1. The van der Waals surface area contributed by atoms with Crippen molar-refractivity contribution in [2.24, 2.45) is 17.6 Å². The third-order valence-electron chi connectivity index (χ3n) is 3.86. The van der Waals surface area contributed by atoms with Gasteiger partial charge in [-0.3, -0.25) is 4.79 Å². The van der Waals surface area contributed by atoms with Crippen molar-refractivity contribution in [2.45, 2.75) is 32.7 Å². The standard InChI is InChI=1S/C14H28N2O4S/c1-11(2)8-12(9-15)14(17)16(5-6-20-3)13-4-7-21(18,19)10-13/h11-13H,4-10,15H2,1-3H3. The SMILES string of the molecule is COCCN(C(=O)C(CN)CC(C)C)C1CCS(=O)(=O)C1. The number of rotatable bonds is 8. The van der Waals surface area contributed by atoms with E-state index in [1.54, 1.807) is 12.0 Å². The molecule has 0 aromatic carbocycles. The van der Waals surface area contributed by atoms with Crippen LogP contribution in [0.4, 0.5) is 0 Å². The molecule has 21 heavy (non-hydrogen) atoms. The van der Waals surface area contributed by atoms with Gasteiger partial charge in [0.05, 0.1) is 24.0 Å². The second kappa shape index (κ2) is 8.10. The van der Waals surface area contributed by atoms with Crippen LogP contribution in [-0.2, 0) is 19.4 Å². The minimum Gasteiger partial charge on any atom is -0.383 e. The number of nitrogens with two attached hydrogens (primary N) is 1. The van der Waals surface area contributed by atoms with E-state index in [9.17, 15) is 13.2 Å². The summed E-state index contributed by atoms with van der Waals surface area (Å²) in [5.74, 6) is 0.308. The average molecular weight is 320 g/mol. The lowest BCUT2D eigenvalue weighted by molar-refractivity contribution is -0.138. The lowest BCUT2D eigenvalue weighted by Crippen LogP contribution is -2.47. The Bertz CT molecular complexity index is 436. The van der Waals surface area contributed by atoms with Crippen LogP contribution in [0, 0.1) is 11.8 Å². The van der Waals surface area contributed by atoms with E-state index >= 15 is 0 Å². The van der Waals surface area contributed by atoms with Crippen molar-refractivity contribution in [3.8, 4) is 0 Å². The van der Waals surface area contributed by atoms with Gasteiger partial charge in [0.2, 0.25) is 5.91 Å². The third kappa shape index (κ3) is 5.56. The lowest BCUT2D eigenvalue weighted by atomic mass is 9.95. The zero-order valence-electron chi connectivity index (χ0n) is 13.2. The molecule has 6 nitrogen and oxygen atoms in total. The van der Waals surface area contributed by atoms with Crippen LogP contribution in [0.15, 0.2) is 0 Å². The van der Waals surface area contributed by atoms with E-state index in [4.69, 9.17) is 10.5 Å². The van der Waals surface area contributed by atoms with Crippen LogP contribution in [0.1, 0.15) is 26.7 Å². The fraction of sp³-hybridized carbons (Fsp3) is 0.929. The van der Waals surface area contributed by atoms with E-state index in [0.717, 1.165) is 6.42 Å². The maximum absolute atomic E-state index is 12.7. The first-order chi connectivity index (χ1) is 9.80. The number of hydrogen-bond donors (Lipinski definition) is 1. The Morgan fingerprint density at radius 2 is 2.10 bits per heavy atom. The van der Waals surface area contributed by atoms with Crippen LogP contribution in [0.2, 0.25) is 0 Å². The first kappa shape index (κ1) is 18.4. The molecule has 2 atom stereocenters. The average Bonchev–Trinajstić information content (AvgIpc) is 2.76. The van der Waals surface area contributed by atoms with Crippen molar-refractivity contribution in [1.82, 2.24) is 4.90 Å². The van der Waals surface area contributed by atoms with Gasteiger partial charge in [-0.25, -0.2) is 8.42 Å². The molecule has 1 aliphatic heterocycles. The van der Waals surface area contributed by atoms with E-state index in [0.29, 0.717) is 32.0 Å². The van der Waals surface area contributed by atoms with Gasteiger partial charge in [0.15, 0.2) is 9.84 Å². The summed E-state index contributed by atoms with van der Waals surface area (Å²) in [6, 6.07) is -0.237. The van der Waals surface area contributed by atoms with E-state index in [2.05, 4.69) is 13.8 Å². The summed E-state index contributed by atoms with van der Waals surface area (Å²) in [6.07, 6.45) is 1.23. The summed E-state index contributed by atoms with van der Waals surface area (Å²) in [4.78, 5) is 14.4. The van der Waals surface area contributed by atoms with Crippen molar-refractivity contribution in [3.63, 3.8) is 0 Å². The molecular weight excluding hydrogens is 292 g/mol. The molecule has 0 aromatic rings. The van der Waals surface area contributed by atoms with Crippen molar-refractivity contribution < 1.29 is 17.9 Å². The minimum absolute atomic E-state index is 0.0367. The second-order valence-corrected chi connectivity index (χ2v) is 8.37. The number of sulfone groups is 1. The molecule has 7 heteroatoms. The molecule has 0 aliphatic carbocycles. The van der Waals surface area contributed by atoms with Crippen LogP contribution in [0.25, 0.3) is 0 Å². The summed E-state index contributed by atoms with van der Waals surface area (Å²) in [5, 5.41) is 0. The molecule has 1 rings (SSSR count). The molecule has 0 spiro atoms. The van der Waals surface area contributed by atoms with Gasteiger partial charge in [-0.15, -0.1) is 0 Å². The largest absolute Gasteiger partial charge is 0.383 e. The Morgan fingerprint density at radius 3 is 2.52 bits per heavy atom. The van der Waals surface area contributed by atoms with Crippen LogP contribution in [-0.4, -0.2) is 63.6 Å². The quantitative estimate of drug-likeness (QED) is 0.693. The van der Waals surface area contributed by atoms with Gasteiger partial charge in [-0.2, -0.15) is 0 Å². The normalized spacial score (nSPS) is 22.4. The number of ether oxygens (including phenoxy) is 1. The summed E-state index contributed by atoms with van der Waals surface area (Å²) >= 11 is 0. The Balaban J connectivity index is 2.83. The highest BCUT2D eigenvalue weighted by Gasteiger charge is 2.36. The summed E-state index contributed by atoms with van der Waals surface area (Å²) in [7, 11) is -1.45. The number of hydrogen-bond acceptors (Lipinski definition) is 5. The predicted octanol–water partition coefficient (Wildman–Crippen LogP) is 0.270. The highest BCUT2D eigenvalue weighted by Crippen LogP contribution is 2.22. The Morgan fingerprint density at radius 1 is 1.43 bits per heavy atom. The molecule has 0 saturated carbocycles. The van der Waals surface area contributed by atoms with Crippen LogP contribution in [0.5, 0.6) is 0 Å². The number of methoxy groups -OCH3 is 1. The molecule has 1 fully saturated rings. The zero-order chi connectivity index (χ0) is 16.0. The first-order valence-electron chi connectivity index (χ1n) is 7.50. The van der Waals surface area contributed by atoms with Gasteiger partial charge in [0.1, 0.15) is 0 Å². The van der Waals surface area contributed by atoms with Crippen molar-refractivity contribution in [3.05, 3.63) is 0 Å². The minimum atomic E-state index is -3.02. The lowest BCUT2D eigenvalue weighted by Gasteiger charge is -2.32. The molecule has 2 N–H and O–H groups in total. The van der Waals surface area contributed by atoms with Crippen LogP contribution < -0.4 is 5.73 Å². The Kier molecular flexibility index (Phi) is 7.09. The molecule has 1 saturated heterocycles. The first-order valence-corrected chi connectivity index (χ1v) is 9.32. The maximum atomic E-state index is 12.7. The smallest absolute Gasteiger partial charge is 0.227 e. The van der Waals surface area contributed by atoms with Crippen molar-refractivity contribution >= 4 is 15.7 Å². The molecule has 1 amide bonds. The van der Waals surface area contributed by atoms with Crippen LogP contribution in [0.3, 0.4) is 0 Å². The maximum Gasteiger partial charge on any atom is 0.227 e. The van der Waals surface area contributed by atoms with Gasteiger partial charge in [0.25, 0.3) is 0 Å². The van der Waals surface area contributed by atoms with E-state index in [1.807, 2.05) is 0 Å². The molecule has 0 bridgehead atoms. The summed E-state index contributed by atoms with van der Waals surface area (Å²) in [5.41, 5.74) is 5.74. The molecule has 2 unspecified atom stereocenters. The molecular formula is C14H28N2O4S. The van der Waals surface area contributed by atoms with Gasteiger partial charge < -0.3 is 15.4 Å². The Hall–Kier alpha value is -0.660. The fourth-order valence-electron chi connectivity index (χ4n) is 2.78. The number of carbonyl (C=O) groups excluding carboxylic acids is 1. The molecule has 124 valence electrons. The molecule has 0 radical (unpaired) electrons. The van der Waals surface area contributed by atoms with E-state index in [1.165, 1.54) is 0 Å². The van der Waals surface area contributed by atoms with Gasteiger partial charge in [0, 0.05) is 26.2 Å². The third-order valence-corrected chi connectivity index (χ3v) is 5.61. The highest BCUT2D eigenvalue weighted by atomic mass is 32.2. The van der Waals surface area contributed by atoms with Crippen molar-refractivity contribution in [1.29, 1.82) is 0 Å². The Labute approximate surface area is 127 Å². The molecule has 1 heterocycles. The van der Waals surface area contributed by atoms with E-state index in [-0.39, 0.29) is 29.4 Å². The molecule has 1 aliphatic rings. The summed E-state index contributed by atoms with van der Waals surface area (Å²) < 4.78 is 28.4. The van der Waals surface area contributed by atoms with Gasteiger partial charge >= 0.3 is 0 Å². The number of amides is 1. The zero-order valence-corrected chi connectivity index (χ0v) is 14.1. The predicted molar refractivity (Wildman–Crippen MR) is 82.6 cm³/mol. The van der Waals surface area contributed by atoms with Gasteiger partial charge in [-0.1, -0.05) is 13.8 Å². The van der Waals surface area contributed by atoms with E-state index < -0.39 is 9.84 Å². The number of carbonyl (C=O) groups is 1. The van der Waals surface area contributed by atoms with Gasteiger partial charge in [-0.05, 0) is 18.8 Å². The fourth-order valence-corrected chi connectivity index (χ4v) is 4.52. The van der Waals surface area contributed by atoms with Crippen LogP contribution >= 0.6 is 0 Å². The topological polar surface area (TPSA) is 89.7 Å². The molecule has 0 aromatic heterocycles. The second-order valence-electron chi connectivity index (χ2n) is 6.14. The van der Waals surface area contributed by atoms with Crippen molar-refractivity contribution in [2.75, 3.05) is 38.3 Å². The summed E-state index contributed by atoms with van der Waals surface area (Å²) in [6.45, 7) is 5.22. The monoisotopic (exact) mass is 320 g/mol.